The third-order valence-corrected chi connectivity index (χ3v) is 5.45. The van der Waals surface area contributed by atoms with Crippen LogP contribution in [0, 0.1) is 0 Å². The molecule has 0 atom stereocenters. The van der Waals surface area contributed by atoms with Crippen LogP contribution in [-0.4, -0.2) is 56.4 Å². The van der Waals surface area contributed by atoms with Crippen LogP contribution < -0.4 is 25.8 Å². The summed E-state index contributed by atoms with van der Waals surface area (Å²) in [5, 5.41) is 6.57. The average molecular weight is 485 g/mol. The Bertz CT molecular complexity index is 1160. The van der Waals surface area contributed by atoms with Gasteiger partial charge in [0, 0.05) is 24.8 Å². The number of amides is 1. The smallest absolute Gasteiger partial charge is 0.276 e. The zero-order valence-corrected chi connectivity index (χ0v) is 19.6. The van der Waals surface area contributed by atoms with Crippen molar-refractivity contribution >= 4 is 46.3 Å². The molecule has 1 amide bonds. The second-order valence-electron chi connectivity index (χ2n) is 7.31. The van der Waals surface area contributed by atoms with Crippen molar-refractivity contribution in [3.05, 3.63) is 59.2 Å². The van der Waals surface area contributed by atoms with E-state index in [1.54, 1.807) is 31.4 Å². The number of hydroxylamine groups is 1. The van der Waals surface area contributed by atoms with Crippen LogP contribution in [0.3, 0.4) is 0 Å². The van der Waals surface area contributed by atoms with E-state index in [1.165, 1.54) is 13.3 Å². The van der Waals surface area contributed by atoms with Gasteiger partial charge < -0.3 is 25.0 Å². The highest BCUT2D eigenvalue weighted by molar-refractivity contribution is 6.33. The first-order valence-corrected chi connectivity index (χ1v) is 11.0. The van der Waals surface area contributed by atoms with Gasteiger partial charge in [-0.2, -0.15) is 4.98 Å². The van der Waals surface area contributed by atoms with Crippen molar-refractivity contribution in [3.8, 4) is 5.75 Å². The molecule has 1 aliphatic heterocycles. The van der Waals surface area contributed by atoms with E-state index >= 15 is 0 Å². The molecule has 34 heavy (non-hydrogen) atoms. The standard InChI is InChI=1S/C23H25ClN6O4/c1-32-20-13-15(30-9-11-34-12-10-30)7-8-19(20)27-23-25-14-17(24)21(28-23)26-18-6-4-3-5-16(18)22(31)29-33-2/h3-8,13-14H,9-12H2,1-2H3,(H,29,31)(H2,25,26,27,28). The zero-order valence-electron chi connectivity index (χ0n) is 18.8. The maximum absolute atomic E-state index is 12.3. The highest BCUT2D eigenvalue weighted by Gasteiger charge is 2.16. The molecule has 0 saturated carbocycles. The number of methoxy groups -OCH3 is 1. The fourth-order valence-corrected chi connectivity index (χ4v) is 3.64. The molecule has 3 aromatic rings. The molecule has 1 aliphatic rings. The fraction of sp³-hybridized carbons (Fsp3) is 0.261. The lowest BCUT2D eigenvalue weighted by Gasteiger charge is -2.29. The molecule has 2 heterocycles. The molecule has 0 unspecified atom stereocenters. The van der Waals surface area contributed by atoms with Crippen molar-refractivity contribution in [2.45, 2.75) is 0 Å². The van der Waals surface area contributed by atoms with Gasteiger partial charge in [0.15, 0.2) is 5.82 Å². The van der Waals surface area contributed by atoms with Gasteiger partial charge in [0.25, 0.3) is 5.91 Å². The number of hydrogen-bond acceptors (Lipinski definition) is 9. The molecular formula is C23H25ClN6O4. The summed E-state index contributed by atoms with van der Waals surface area (Å²) in [7, 11) is 2.98. The van der Waals surface area contributed by atoms with E-state index in [2.05, 4.69) is 31.0 Å². The van der Waals surface area contributed by atoms with Crippen molar-refractivity contribution in [2.75, 3.05) is 56.1 Å². The number of carbonyl (C=O) groups is 1. The Hall–Kier alpha value is -3.60. The largest absolute Gasteiger partial charge is 0.494 e. The summed E-state index contributed by atoms with van der Waals surface area (Å²) >= 11 is 6.33. The minimum atomic E-state index is -0.403. The third-order valence-electron chi connectivity index (χ3n) is 5.17. The second-order valence-corrected chi connectivity index (χ2v) is 7.71. The lowest BCUT2D eigenvalue weighted by Crippen LogP contribution is -2.36. The van der Waals surface area contributed by atoms with Gasteiger partial charge in [0.2, 0.25) is 5.95 Å². The molecule has 178 valence electrons. The lowest BCUT2D eigenvalue weighted by atomic mass is 10.1. The average Bonchev–Trinajstić information content (AvgIpc) is 2.87. The summed E-state index contributed by atoms with van der Waals surface area (Å²) in [6.45, 7) is 3.06. The van der Waals surface area contributed by atoms with E-state index < -0.39 is 5.91 Å². The molecular weight excluding hydrogens is 460 g/mol. The predicted octanol–water partition coefficient (Wildman–Crippen LogP) is 3.75. The number of hydrogen-bond donors (Lipinski definition) is 3. The maximum atomic E-state index is 12.3. The number of aromatic nitrogens is 2. The Balaban J connectivity index is 1.56. The number of morpholine rings is 1. The van der Waals surface area contributed by atoms with E-state index in [1.807, 2.05) is 18.2 Å². The van der Waals surface area contributed by atoms with Crippen LogP contribution >= 0.6 is 11.6 Å². The van der Waals surface area contributed by atoms with Crippen LogP contribution in [0.2, 0.25) is 5.02 Å². The quantitative estimate of drug-likeness (QED) is 0.411. The Kier molecular flexibility index (Phi) is 7.63. The van der Waals surface area contributed by atoms with Gasteiger partial charge >= 0.3 is 0 Å². The van der Waals surface area contributed by atoms with E-state index in [4.69, 9.17) is 25.9 Å². The topological polar surface area (TPSA) is 110 Å². The van der Waals surface area contributed by atoms with Crippen molar-refractivity contribution < 1.29 is 19.1 Å². The molecule has 0 spiro atoms. The number of rotatable bonds is 8. The van der Waals surface area contributed by atoms with Crippen LogP contribution in [-0.2, 0) is 9.57 Å². The van der Waals surface area contributed by atoms with Crippen molar-refractivity contribution in [3.63, 3.8) is 0 Å². The Morgan fingerprint density at radius 2 is 1.88 bits per heavy atom. The van der Waals surface area contributed by atoms with Gasteiger partial charge in [-0.1, -0.05) is 23.7 Å². The Morgan fingerprint density at radius 1 is 1.09 bits per heavy atom. The minimum Gasteiger partial charge on any atom is -0.494 e. The molecule has 0 aliphatic carbocycles. The van der Waals surface area contributed by atoms with Crippen LogP contribution in [0.5, 0.6) is 5.75 Å². The van der Waals surface area contributed by atoms with Crippen molar-refractivity contribution in [1.29, 1.82) is 0 Å². The molecule has 0 radical (unpaired) electrons. The first-order chi connectivity index (χ1) is 16.6. The molecule has 11 heteroatoms. The first-order valence-electron chi connectivity index (χ1n) is 10.6. The number of ether oxygens (including phenoxy) is 2. The first kappa shape index (κ1) is 23.6. The summed E-state index contributed by atoms with van der Waals surface area (Å²) in [5.74, 6) is 0.890. The molecule has 1 fully saturated rings. The minimum absolute atomic E-state index is 0.294. The summed E-state index contributed by atoms with van der Waals surface area (Å²) in [4.78, 5) is 28.0. The normalized spacial score (nSPS) is 13.3. The monoisotopic (exact) mass is 484 g/mol. The van der Waals surface area contributed by atoms with Gasteiger partial charge in [-0.15, -0.1) is 0 Å². The summed E-state index contributed by atoms with van der Waals surface area (Å²) in [5.41, 5.74) is 4.94. The molecule has 2 aromatic carbocycles. The molecule has 10 nitrogen and oxygen atoms in total. The number of nitrogens with one attached hydrogen (secondary N) is 3. The maximum Gasteiger partial charge on any atom is 0.276 e. The van der Waals surface area contributed by atoms with Crippen LogP contribution in [0.15, 0.2) is 48.7 Å². The van der Waals surface area contributed by atoms with Gasteiger partial charge in [-0.05, 0) is 24.3 Å². The molecule has 1 saturated heterocycles. The number of para-hydroxylation sites is 1. The lowest BCUT2D eigenvalue weighted by molar-refractivity contribution is 0.0538. The molecule has 0 bridgehead atoms. The number of halogens is 1. The van der Waals surface area contributed by atoms with Gasteiger partial charge in [0.05, 0.1) is 50.6 Å². The van der Waals surface area contributed by atoms with Crippen molar-refractivity contribution in [2.24, 2.45) is 0 Å². The highest BCUT2D eigenvalue weighted by Crippen LogP contribution is 2.33. The van der Waals surface area contributed by atoms with Crippen LogP contribution in [0.1, 0.15) is 10.4 Å². The van der Waals surface area contributed by atoms with Crippen LogP contribution in [0.25, 0.3) is 0 Å². The van der Waals surface area contributed by atoms with Gasteiger partial charge in [-0.25, -0.2) is 10.5 Å². The highest BCUT2D eigenvalue weighted by atomic mass is 35.5. The molecule has 3 N–H and O–H groups in total. The summed E-state index contributed by atoms with van der Waals surface area (Å²) in [6, 6.07) is 12.8. The van der Waals surface area contributed by atoms with E-state index in [-0.39, 0.29) is 0 Å². The predicted molar refractivity (Wildman–Crippen MR) is 131 cm³/mol. The molecule has 4 rings (SSSR count). The number of anilines is 5. The van der Waals surface area contributed by atoms with Crippen LogP contribution in [0.4, 0.5) is 28.8 Å². The molecule has 1 aromatic heterocycles. The van der Waals surface area contributed by atoms with Gasteiger partial charge in [0.1, 0.15) is 10.8 Å². The number of carbonyl (C=O) groups excluding carboxylic acids is 1. The van der Waals surface area contributed by atoms with E-state index in [0.29, 0.717) is 52.7 Å². The van der Waals surface area contributed by atoms with Gasteiger partial charge in [-0.3, -0.25) is 9.63 Å². The third kappa shape index (κ3) is 5.48. The fourth-order valence-electron chi connectivity index (χ4n) is 3.50. The number of nitrogens with zero attached hydrogens (tertiary/aromatic N) is 3. The van der Waals surface area contributed by atoms with Crippen molar-refractivity contribution in [1.82, 2.24) is 15.4 Å². The van der Waals surface area contributed by atoms with E-state index in [9.17, 15) is 4.79 Å². The summed E-state index contributed by atoms with van der Waals surface area (Å²) < 4.78 is 11.0. The summed E-state index contributed by atoms with van der Waals surface area (Å²) in [6.07, 6.45) is 1.48. The van der Waals surface area contributed by atoms with E-state index in [0.717, 1.165) is 18.8 Å². The number of benzene rings is 2. The SMILES string of the molecule is CONC(=O)c1ccccc1Nc1nc(Nc2ccc(N3CCOCC3)cc2OC)ncc1Cl. The Morgan fingerprint density at radius 3 is 2.65 bits per heavy atom. The second kappa shape index (κ2) is 11.0. The Labute approximate surface area is 202 Å². The zero-order chi connectivity index (χ0) is 23.9.